The minimum Gasteiger partial charge on any atom is -0.478 e. The molecule has 0 unspecified atom stereocenters. The predicted octanol–water partition coefficient (Wildman–Crippen LogP) is 0.253. The molecule has 1 aromatic carbocycles. The van der Waals surface area contributed by atoms with Gasteiger partial charge in [0, 0.05) is 13.1 Å². The van der Waals surface area contributed by atoms with Crippen molar-refractivity contribution < 1.29 is 23.4 Å². The summed E-state index contributed by atoms with van der Waals surface area (Å²) < 4.78 is 26.3. The Bertz CT molecular complexity index is 598. The maximum atomic E-state index is 12.1. The van der Waals surface area contributed by atoms with Crippen molar-refractivity contribution in [1.29, 1.82) is 0 Å². The molecule has 0 amide bonds. The molecule has 4 N–H and O–H groups in total. The number of nitrogens with one attached hydrogen (secondary N) is 2. The Hall–Kier alpha value is -1.90. The second-order valence-electron chi connectivity index (χ2n) is 3.81. The van der Waals surface area contributed by atoms with Crippen LogP contribution in [0.3, 0.4) is 0 Å². The zero-order valence-electron chi connectivity index (χ0n) is 10.7. The lowest BCUT2D eigenvalue weighted by molar-refractivity contribution is 0.0696. The minimum atomic E-state index is -3.91. The van der Waals surface area contributed by atoms with Gasteiger partial charge in [-0.1, -0.05) is 6.08 Å². The van der Waals surface area contributed by atoms with Gasteiger partial charge in [0.05, 0.1) is 17.9 Å². The molecule has 110 valence electrons. The molecule has 0 aliphatic rings. The van der Waals surface area contributed by atoms with E-state index in [-0.39, 0.29) is 29.3 Å². The molecule has 0 saturated carbocycles. The van der Waals surface area contributed by atoms with E-state index in [0.717, 1.165) is 6.07 Å². The van der Waals surface area contributed by atoms with Gasteiger partial charge < -0.3 is 15.5 Å². The van der Waals surface area contributed by atoms with E-state index in [2.05, 4.69) is 16.6 Å². The van der Waals surface area contributed by atoms with Gasteiger partial charge >= 0.3 is 5.97 Å². The maximum Gasteiger partial charge on any atom is 0.335 e. The summed E-state index contributed by atoms with van der Waals surface area (Å²) in [5.41, 5.74) is 0.124. The molecule has 0 aromatic heterocycles. The molecule has 0 saturated heterocycles. The summed E-state index contributed by atoms with van der Waals surface area (Å²) in [5.74, 6) is -1.22. The quantitative estimate of drug-likeness (QED) is 0.512. The molecule has 1 rings (SSSR count). The van der Waals surface area contributed by atoms with Crippen LogP contribution in [0.1, 0.15) is 10.4 Å². The van der Waals surface area contributed by atoms with Crippen molar-refractivity contribution >= 4 is 21.7 Å². The third-order valence-corrected chi connectivity index (χ3v) is 3.86. The van der Waals surface area contributed by atoms with Gasteiger partial charge in [0.2, 0.25) is 10.0 Å². The molecule has 0 aliphatic carbocycles. The number of hydrogen-bond donors (Lipinski definition) is 4. The van der Waals surface area contributed by atoms with Crippen molar-refractivity contribution in [2.45, 2.75) is 4.90 Å². The molecule has 8 heteroatoms. The topological polar surface area (TPSA) is 116 Å². The number of anilines is 1. The Morgan fingerprint density at radius 1 is 1.40 bits per heavy atom. The molecule has 0 bridgehead atoms. The molecule has 0 atom stereocenters. The lowest BCUT2D eigenvalue weighted by Gasteiger charge is -2.12. The minimum absolute atomic E-state index is 0.140. The van der Waals surface area contributed by atoms with Crippen LogP contribution in [-0.4, -0.2) is 44.3 Å². The summed E-state index contributed by atoms with van der Waals surface area (Å²) in [7, 11) is -3.91. The van der Waals surface area contributed by atoms with Crippen molar-refractivity contribution in [3.63, 3.8) is 0 Å². The van der Waals surface area contributed by atoms with E-state index >= 15 is 0 Å². The highest BCUT2D eigenvalue weighted by Crippen LogP contribution is 2.22. The number of sulfonamides is 1. The second kappa shape index (κ2) is 7.04. The second-order valence-corrected chi connectivity index (χ2v) is 5.54. The summed E-state index contributed by atoms with van der Waals surface area (Å²) >= 11 is 0. The van der Waals surface area contributed by atoms with Crippen molar-refractivity contribution in [3.05, 3.63) is 36.4 Å². The highest BCUT2D eigenvalue weighted by atomic mass is 32.2. The zero-order valence-corrected chi connectivity index (χ0v) is 11.5. The summed E-state index contributed by atoms with van der Waals surface area (Å²) in [6.45, 7) is 3.33. The van der Waals surface area contributed by atoms with E-state index in [1.807, 2.05) is 0 Å². The molecule has 0 aliphatic heterocycles. The Balaban J connectivity index is 3.26. The lowest BCUT2D eigenvalue weighted by Crippen LogP contribution is -2.27. The molecule has 20 heavy (non-hydrogen) atoms. The number of benzene rings is 1. The highest BCUT2D eigenvalue weighted by Gasteiger charge is 2.20. The van der Waals surface area contributed by atoms with Gasteiger partial charge in [0.25, 0.3) is 0 Å². The molecule has 0 spiro atoms. The Labute approximate surface area is 117 Å². The van der Waals surface area contributed by atoms with Gasteiger partial charge in [-0.15, -0.1) is 6.58 Å². The van der Waals surface area contributed by atoms with Gasteiger partial charge in [-0.05, 0) is 18.2 Å². The smallest absolute Gasteiger partial charge is 0.335 e. The van der Waals surface area contributed by atoms with Crippen LogP contribution >= 0.6 is 0 Å². The average Bonchev–Trinajstić information content (AvgIpc) is 2.42. The zero-order chi connectivity index (χ0) is 15.2. The number of carbonyl (C=O) groups is 1. The molecule has 7 nitrogen and oxygen atoms in total. The first-order valence-corrected chi connectivity index (χ1v) is 7.23. The standard InChI is InChI=1S/C12H16N2O5S/c1-2-5-13-10-4-3-9(12(16)17)8-11(10)20(18,19)14-6-7-15/h2-4,8,13-15H,1,5-7H2,(H,16,17). The van der Waals surface area contributed by atoms with E-state index in [1.54, 1.807) is 6.08 Å². The average molecular weight is 300 g/mol. The first kappa shape index (κ1) is 16.2. The number of rotatable bonds is 8. The fourth-order valence-corrected chi connectivity index (χ4v) is 2.69. The number of aliphatic hydroxyl groups is 1. The maximum absolute atomic E-state index is 12.1. The summed E-state index contributed by atoms with van der Waals surface area (Å²) in [4.78, 5) is 10.7. The fraction of sp³-hybridized carbons (Fsp3) is 0.250. The number of aliphatic hydroxyl groups excluding tert-OH is 1. The van der Waals surface area contributed by atoms with Crippen molar-refractivity contribution in [3.8, 4) is 0 Å². The number of carboxylic acid groups (broad SMARTS) is 1. The third kappa shape index (κ3) is 4.05. The Kier molecular flexibility index (Phi) is 5.68. The molecule has 0 heterocycles. The fourth-order valence-electron chi connectivity index (χ4n) is 1.46. The number of aromatic carboxylic acids is 1. The van der Waals surface area contributed by atoms with E-state index in [4.69, 9.17) is 10.2 Å². The summed E-state index contributed by atoms with van der Waals surface area (Å²) in [5, 5.41) is 20.4. The van der Waals surface area contributed by atoms with Gasteiger partial charge in [-0.25, -0.2) is 17.9 Å². The Morgan fingerprint density at radius 2 is 2.10 bits per heavy atom. The largest absolute Gasteiger partial charge is 0.478 e. The van der Waals surface area contributed by atoms with Crippen LogP contribution in [0.5, 0.6) is 0 Å². The van der Waals surface area contributed by atoms with E-state index < -0.39 is 16.0 Å². The molecular weight excluding hydrogens is 284 g/mol. The molecular formula is C12H16N2O5S. The SMILES string of the molecule is C=CCNc1ccc(C(=O)O)cc1S(=O)(=O)NCCO. The summed E-state index contributed by atoms with van der Waals surface area (Å²) in [6.07, 6.45) is 1.54. The van der Waals surface area contributed by atoms with Gasteiger partial charge in [-0.2, -0.15) is 0 Å². The lowest BCUT2D eigenvalue weighted by atomic mass is 10.2. The predicted molar refractivity (Wildman–Crippen MR) is 74.4 cm³/mol. The van der Waals surface area contributed by atoms with Crippen LogP contribution in [0.25, 0.3) is 0 Å². The van der Waals surface area contributed by atoms with Crippen molar-refractivity contribution in [1.82, 2.24) is 4.72 Å². The van der Waals surface area contributed by atoms with Crippen LogP contribution in [0.4, 0.5) is 5.69 Å². The van der Waals surface area contributed by atoms with Crippen LogP contribution in [0.2, 0.25) is 0 Å². The van der Waals surface area contributed by atoms with E-state index in [1.165, 1.54) is 12.1 Å². The number of carboxylic acids is 1. The first-order chi connectivity index (χ1) is 9.42. The molecule has 0 radical (unpaired) electrons. The van der Waals surface area contributed by atoms with Crippen LogP contribution < -0.4 is 10.0 Å². The van der Waals surface area contributed by atoms with Crippen molar-refractivity contribution in [2.24, 2.45) is 0 Å². The van der Waals surface area contributed by atoms with E-state index in [9.17, 15) is 13.2 Å². The van der Waals surface area contributed by atoms with Crippen LogP contribution in [-0.2, 0) is 10.0 Å². The van der Waals surface area contributed by atoms with Crippen molar-refractivity contribution in [2.75, 3.05) is 25.0 Å². The van der Waals surface area contributed by atoms with E-state index in [0.29, 0.717) is 6.54 Å². The molecule has 0 fully saturated rings. The van der Waals surface area contributed by atoms with Crippen LogP contribution in [0, 0.1) is 0 Å². The van der Waals surface area contributed by atoms with Crippen LogP contribution in [0.15, 0.2) is 35.7 Å². The first-order valence-electron chi connectivity index (χ1n) is 5.75. The van der Waals surface area contributed by atoms with Gasteiger partial charge in [0.15, 0.2) is 0 Å². The number of hydrogen-bond acceptors (Lipinski definition) is 5. The Morgan fingerprint density at radius 3 is 2.65 bits per heavy atom. The van der Waals surface area contributed by atoms with Gasteiger partial charge in [0.1, 0.15) is 4.90 Å². The third-order valence-electron chi connectivity index (χ3n) is 2.36. The van der Waals surface area contributed by atoms with Gasteiger partial charge in [-0.3, -0.25) is 0 Å². The normalized spacial score (nSPS) is 11.1. The highest BCUT2D eigenvalue weighted by molar-refractivity contribution is 7.89. The monoisotopic (exact) mass is 300 g/mol. The molecule has 1 aromatic rings. The summed E-state index contributed by atoms with van der Waals surface area (Å²) in [6, 6.07) is 3.74.